The van der Waals surface area contributed by atoms with Crippen molar-refractivity contribution in [2.75, 3.05) is 6.26 Å². The summed E-state index contributed by atoms with van der Waals surface area (Å²) in [4.78, 5) is 12.3. The highest BCUT2D eigenvalue weighted by Gasteiger charge is 2.13. The Kier molecular flexibility index (Phi) is 4.47. The molecule has 1 heterocycles. The molecule has 5 nitrogen and oxygen atoms in total. The molecule has 1 atom stereocenters. The van der Waals surface area contributed by atoms with Crippen molar-refractivity contribution in [3.05, 3.63) is 54.0 Å². The van der Waals surface area contributed by atoms with Gasteiger partial charge in [0.2, 0.25) is 0 Å². The number of amides is 1. The average Bonchev–Trinajstić information content (AvgIpc) is 2.90. The third kappa shape index (κ3) is 4.19. The molecule has 1 N–H and O–H groups in total. The molecule has 0 aliphatic heterocycles. The first-order chi connectivity index (χ1) is 9.86. The number of nitrogens with one attached hydrogen (secondary N) is 1. The molecule has 1 aromatic heterocycles. The van der Waals surface area contributed by atoms with E-state index >= 15 is 0 Å². The van der Waals surface area contributed by atoms with Gasteiger partial charge in [-0.15, -0.1) is 0 Å². The fourth-order valence-corrected chi connectivity index (χ4v) is 2.57. The van der Waals surface area contributed by atoms with Crippen molar-refractivity contribution >= 4 is 15.7 Å². The number of hydrogen-bond acceptors (Lipinski definition) is 4. The van der Waals surface area contributed by atoms with Crippen molar-refractivity contribution in [3.63, 3.8) is 0 Å². The fourth-order valence-electron chi connectivity index (χ4n) is 1.94. The third-order valence-corrected chi connectivity index (χ3v) is 4.14. The van der Waals surface area contributed by atoms with Gasteiger partial charge in [0.25, 0.3) is 5.91 Å². The van der Waals surface area contributed by atoms with Crippen LogP contribution in [0, 0.1) is 0 Å². The van der Waals surface area contributed by atoms with Gasteiger partial charge in [-0.3, -0.25) is 4.79 Å². The quantitative estimate of drug-likeness (QED) is 0.917. The predicted octanol–water partition coefficient (Wildman–Crippen LogP) is 2.04. The van der Waals surface area contributed by atoms with Crippen LogP contribution in [0.4, 0.5) is 0 Å². The van der Waals surface area contributed by atoms with Gasteiger partial charge < -0.3 is 9.73 Å². The van der Waals surface area contributed by atoms with Crippen molar-refractivity contribution in [1.82, 2.24) is 5.32 Å². The van der Waals surface area contributed by atoms with Crippen LogP contribution in [-0.4, -0.2) is 26.6 Å². The van der Waals surface area contributed by atoms with Crippen molar-refractivity contribution in [1.29, 1.82) is 0 Å². The van der Waals surface area contributed by atoms with Crippen LogP contribution in [0.2, 0.25) is 0 Å². The zero-order valence-electron chi connectivity index (χ0n) is 11.9. The van der Waals surface area contributed by atoms with E-state index in [0.717, 1.165) is 12.0 Å². The highest BCUT2D eigenvalue weighted by molar-refractivity contribution is 7.90. The number of sulfone groups is 1. The van der Waals surface area contributed by atoms with E-state index in [1.165, 1.54) is 24.3 Å². The number of carbonyl (C=O) groups excluding carboxylic acids is 1. The second kappa shape index (κ2) is 6.13. The van der Waals surface area contributed by atoms with E-state index in [2.05, 4.69) is 5.32 Å². The maximum Gasteiger partial charge on any atom is 0.251 e. The molecule has 2 aromatic rings. The minimum absolute atomic E-state index is 0.0850. The van der Waals surface area contributed by atoms with Crippen molar-refractivity contribution in [3.8, 4) is 0 Å². The second-order valence-corrected chi connectivity index (χ2v) is 6.97. The maximum absolute atomic E-state index is 12.1. The molecule has 21 heavy (non-hydrogen) atoms. The van der Waals surface area contributed by atoms with E-state index < -0.39 is 9.84 Å². The van der Waals surface area contributed by atoms with E-state index in [-0.39, 0.29) is 16.8 Å². The van der Waals surface area contributed by atoms with E-state index in [4.69, 9.17) is 4.42 Å². The van der Waals surface area contributed by atoms with Crippen LogP contribution in [0.3, 0.4) is 0 Å². The Hall–Kier alpha value is -2.08. The van der Waals surface area contributed by atoms with Crippen LogP contribution in [0.5, 0.6) is 0 Å². The van der Waals surface area contributed by atoms with Gasteiger partial charge in [0.05, 0.1) is 11.2 Å². The summed E-state index contributed by atoms with van der Waals surface area (Å²) in [5.41, 5.74) is 0.425. The van der Waals surface area contributed by atoms with Crippen molar-refractivity contribution in [2.45, 2.75) is 24.3 Å². The first-order valence-corrected chi connectivity index (χ1v) is 8.39. The summed E-state index contributed by atoms with van der Waals surface area (Å²) < 4.78 is 27.9. The zero-order valence-corrected chi connectivity index (χ0v) is 12.7. The van der Waals surface area contributed by atoms with Crippen LogP contribution >= 0.6 is 0 Å². The van der Waals surface area contributed by atoms with E-state index in [9.17, 15) is 13.2 Å². The molecule has 1 unspecified atom stereocenters. The Labute approximate surface area is 123 Å². The number of benzene rings is 1. The molecule has 112 valence electrons. The highest BCUT2D eigenvalue weighted by atomic mass is 32.2. The highest BCUT2D eigenvalue weighted by Crippen LogP contribution is 2.11. The Bertz CT molecular complexity index is 703. The fraction of sp³-hybridized carbons (Fsp3) is 0.267. The van der Waals surface area contributed by atoms with Gasteiger partial charge in [0.1, 0.15) is 5.76 Å². The SMILES string of the molecule is CC(Cc1ccco1)NC(=O)c1ccc(S(C)(=O)=O)cc1. The van der Waals surface area contributed by atoms with Crippen molar-refractivity contribution < 1.29 is 17.6 Å². The van der Waals surface area contributed by atoms with Gasteiger partial charge in [-0.2, -0.15) is 0 Å². The van der Waals surface area contributed by atoms with E-state index in [1.807, 2.05) is 13.0 Å². The Morgan fingerprint density at radius 3 is 2.43 bits per heavy atom. The molecule has 0 radical (unpaired) electrons. The number of rotatable bonds is 5. The lowest BCUT2D eigenvalue weighted by Crippen LogP contribution is -2.33. The minimum atomic E-state index is -3.25. The normalized spacial score (nSPS) is 12.9. The summed E-state index contributed by atoms with van der Waals surface area (Å²) in [6, 6.07) is 9.44. The third-order valence-electron chi connectivity index (χ3n) is 3.01. The summed E-state index contributed by atoms with van der Waals surface area (Å²) in [5.74, 6) is 0.560. The summed E-state index contributed by atoms with van der Waals surface area (Å²) in [6.07, 6.45) is 3.32. The van der Waals surface area contributed by atoms with Gasteiger partial charge >= 0.3 is 0 Å². The van der Waals surface area contributed by atoms with Gasteiger partial charge in [-0.25, -0.2) is 8.42 Å². The molecule has 2 rings (SSSR count). The molecule has 0 saturated heterocycles. The van der Waals surface area contributed by atoms with Gasteiger partial charge in [-0.1, -0.05) is 0 Å². The van der Waals surface area contributed by atoms with Crippen LogP contribution in [0.25, 0.3) is 0 Å². The van der Waals surface area contributed by atoms with Gasteiger partial charge in [-0.05, 0) is 43.3 Å². The van der Waals surface area contributed by atoms with E-state index in [1.54, 1.807) is 12.3 Å². The molecule has 0 spiro atoms. The standard InChI is InChI=1S/C15H17NO4S/c1-11(10-13-4-3-9-20-13)16-15(17)12-5-7-14(8-6-12)21(2,18)19/h3-9,11H,10H2,1-2H3,(H,16,17). The smallest absolute Gasteiger partial charge is 0.251 e. The Morgan fingerprint density at radius 2 is 1.90 bits per heavy atom. The van der Waals surface area contributed by atoms with Crippen LogP contribution in [0.15, 0.2) is 52.0 Å². The summed E-state index contributed by atoms with van der Waals surface area (Å²) in [6.45, 7) is 1.88. The Balaban J connectivity index is 2.00. The minimum Gasteiger partial charge on any atom is -0.469 e. The van der Waals surface area contributed by atoms with Gasteiger partial charge in [0.15, 0.2) is 9.84 Å². The molecular weight excluding hydrogens is 290 g/mol. The van der Waals surface area contributed by atoms with Crippen LogP contribution in [-0.2, 0) is 16.3 Å². The van der Waals surface area contributed by atoms with Crippen LogP contribution in [0.1, 0.15) is 23.0 Å². The molecule has 6 heteroatoms. The lowest BCUT2D eigenvalue weighted by Gasteiger charge is -2.12. The Morgan fingerprint density at radius 1 is 1.24 bits per heavy atom. The van der Waals surface area contributed by atoms with Crippen molar-refractivity contribution in [2.24, 2.45) is 0 Å². The molecule has 1 amide bonds. The largest absolute Gasteiger partial charge is 0.469 e. The number of hydrogen-bond donors (Lipinski definition) is 1. The molecule has 0 saturated carbocycles. The van der Waals surface area contributed by atoms with Gasteiger partial charge in [0, 0.05) is 24.3 Å². The summed E-state index contributed by atoms with van der Waals surface area (Å²) >= 11 is 0. The molecule has 0 aliphatic carbocycles. The number of carbonyl (C=O) groups is 1. The van der Waals surface area contributed by atoms with E-state index in [0.29, 0.717) is 12.0 Å². The lowest BCUT2D eigenvalue weighted by molar-refractivity contribution is 0.0939. The summed E-state index contributed by atoms with van der Waals surface area (Å²) in [5, 5.41) is 2.84. The molecule has 0 aliphatic rings. The molecule has 0 fully saturated rings. The monoisotopic (exact) mass is 307 g/mol. The summed E-state index contributed by atoms with van der Waals surface area (Å²) in [7, 11) is -3.25. The zero-order chi connectivity index (χ0) is 15.5. The first-order valence-electron chi connectivity index (χ1n) is 6.49. The van der Waals surface area contributed by atoms with Crippen LogP contribution < -0.4 is 5.32 Å². The molecular formula is C15H17NO4S. The number of furan rings is 1. The molecule has 0 bridgehead atoms. The molecule has 1 aromatic carbocycles. The lowest BCUT2D eigenvalue weighted by atomic mass is 10.1. The maximum atomic E-state index is 12.1. The second-order valence-electron chi connectivity index (χ2n) is 4.95. The predicted molar refractivity (Wildman–Crippen MR) is 78.9 cm³/mol. The average molecular weight is 307 g/mol. The topological polar surface area (TPSA) is 76.4 Å². The first kappa shape index (κ1) is 15.3.